The van der Waals surface area contributed by atoms with Gasteiger partial charge >= 0.3 is 12.0 Å². The van der Waals surface area contributed by atoms with Gasteiger partial charge in [0.05, 0.1) is 7.11 Å². The maximum absolute atomic E-state index is 11.5. The van der Waals surface area contributed by atoms with Crippen molar-refractivity contribution in [1.29, 1.82) is 0 Å². The minimum absolute atomic E-state index is 0.194. The number of carbonyl (C=O) groups excluding carboxylic acids is 2. The molecule has 0 spiro atoms. The standard InChI is InChI=1S/C13H19N3O3/c1-19-12(17)8-3-2-5-10-15-13(18)16-11-7-4-6-9-14-11/h4,6-7,9H,2-3,5,8,10H2,1H3,(H2,14,15,16,18). The van der Waals surface area contributed by atoms with Crippen LogP contribution in [0.25, 0.3) is 0 Å². The van der Waals surface area contributed by atoms with E-state index in [4.69, 9.17) is 0 Å². The maximum atomic E-state index is 11.5. The van der Waals surface area contributed by atoms with Crippen LogP contribution in [-0.2, 0) is 9.53 Å². The highest BCUT2D eigenvalue weighted by Crippen LogP contribution is 2.01. The number of amides is 2. The number of methoxy groups -OCH3 is 1. The molecule has 0 saturated carbocycles. The van der Waals surface area contributed by atoms with E-state index in [2.05, 4.69) is 20.4 Å². The number of nitrogens with one attached hydrogen (secondary N) is 2. The fourth-order valence-electron chi connectivity index (χ4n) is 1.47. The maximum Gasteiger partial charge on any atom is 0.320 e. The van der Waals surface area contributed by atoms with E-state index in [0.29, 0.717) is 18.8 Å². The van der Waals surface area contributed by atoms with Crippen LogP contribution in [0.5, 0.6) is 0 Å². The van der Waals surface area contributed by atoms with E-state index in [0.717, 1.165) is 19.3 Å². The summed E-state index contributed by atoms with van der Waals surface area (Å²) in [6.45, 7) is 0.569. The van der Waals surface area contributed by atoms with Gasteiger partial charge < -0.3 is 10.1 Å². The summed E-state index contributed by atoms with van der Waals surface area (Å²) in [5.41, 5.74) is 0. The van der Waals surface area contributed by atoms with Crippen molar-refractivity contribution in [3.05, 3.63) is 24.4 Å². The highest BCUT2D eigenvalue weighted by atomic mass is 16.5. The number of hydrogen-bond acceptors (Lipinski definition) is 4. The number of rotatable bonds is 7. The molecule has 2 N–H and O–H groups in total. The summed E-state index contributed by atoms with van der Waals surface area (Å²) in [5, 5.41) is 5.35. The molecule has 1 aromatic rings. The van der Waals surface area contributed by atoms with Crippen LogP contribution in [0.15, 0.2) is 24.4 Å². The number of carbonyl (C=O) groups is 2. The average molecular weight is 265 g/mol. The molecule has 0 aliphatic rings. The molecule has 2 amide bonds. The molecule has 6 nitrogen and oxygen atoms in total. The minimum Gasteiger partial charge on any atom is -0.469 e. The van der Waals surface area contributed by atoms with Crippen molar-refractivity contribution in [2.24, 2.45) is 0 Å². The number of unbranched alkanes of at least 4 members (excludes halogenated alkanes) is 2. The van der Waals surface area contributed by atoms with Gasteiger partial charge in [-0.3, -0.25) is 10.1 Å². The molecule has 1 aromatic heterocycles. The first-order chi connectivity index (χ1) is 9.22. The first-order valence-electron chi connectivity index (χ1n) is 6.25. The third-order valence-electron chi connectivity index (χ3n) is 2.48. The van der Waals surface area contributed by atoms with Crippen molar-refractivity contribution in [3.8, 4) is 0 Å². The Bertz CT molecular complexity index is 395. The summed E-state index contributed by atoms with van der Waals surface area (Å²) in [6.07, 6.45) is 4.51. The van der Waals surface area contributed by atoms with Gasteiger partial charge in [0, 0.05) is 19.2 Å². The number of esters is 1. The lowest BCUT2D eigenvalue weighted by Gasteiger charge is -2.06. The predicted octanol–water partition coefficient (Wildman–Crippen LogP) is 1.94. The first kappa shape index (κ1) is 14.9. The molecule has 19 heavy (non-hydrogen) atoms. The molecule has 1 heterocycles. The Morgan fingerprint density at radius 1 is 1.26 bits per heavy atom. The number of anilines is 1. The fraction of sp³-hybridized carbons (Fsp3) is 0.462. The molecular formula is C13H19N3O3. The highest BCUT2D eigenvalue weighted by Gasteiger charge is 2.02. The molecule has 0 aliphatic carbocycles. The smallest absolute Gasteiger partial charge is 0.320 e. The number of pyridine rings is 1. The molecule has 6 heteroatoms. The fourth-order valence-corrected chi connectivity index (χ4v) is 1.47. The zero-order valence-electron chi connectivity index (χ0n) is 11.0. The molecule has 1 rings (SSSR count). The van der Waals surface area contributed by atoms with E-state index in [1.807, 2.05) is 0 Å². The molecular weight excluding hydrogens is 246 g/mol. The van der Waals surface area contributed by atoms with Crippen LogP contribution in [-0.4, -0.2) is 30.6 Å². The molecule has 0 saturated heterocycles. The average Bonchev–Trinajstić information content (AvgIpc) is 2.43. The normalized spacial score (nSPS) is 9.74. The van der Waals surface area contributed by atoms with Gasteiger partial charge in [-0.25, -0.2) is 9.78 Å². The molecule has 0 atom stereocenters. The molecule has 0 bridgehead atoms. The molecule has 0 unspecified atom stereocenters. The number of aromatic nitrogens is 1. The zero-order chi connectivity index (χ0) is 13.9. The third-order valence-corrected chi connectivity index (χ3v) is 2.48. The van der Waals surface area contributed by atoms with Gasteiger partial charge in [-0.05, 0) is 25.0 Å². The Kier molecular flexibility index (Phi) is 7.01. The summed E-state index contributed by atoms with van der Waals surface area (Å²) in [6, 6.07) is 5.03. The van der Waals surface area contributed by atoms with Crippen LogP contribution < -0.4 is 10.6 Å². The second-order valence-corrected chi connectivity index (χ2v) is 3.98. The molecule has 0 fully saturated rings. The lowest BCUT2D eigenvalue weighted by atomic mass is 10.2. The third kappa shape index (κ3) is 7.03. The quantitative estimate of drug-likeness (QED) is 0.583. The summed E-state index contributed by atoms with van der Waals surface area (Å²) in [4.78, 5) is 26.3. The van der Waals surface area contributed by atoms with E-state index < -0.39 is 0 Å². The van der Waals surface area contributed by atoms with Crippen molar-refractivity contribution >= 4 is 17.8 Å². The summed E-state index contributed by atoms with van der Waals surface area (Å²) >= 11 is 0. The van der Waals surface area contributed by atoms with Gasteiger partial charge in [0.2, 0.25) is 0 Å². The van der Waals surface area contributed by atoms with Crippen LogP contribution >= 0.6 is 0 Å². The van der Waals surface area contributed by atoms with Crippen LogP contribution in [0.1, 0.15) is 25.7 Å². The van der Waals surface area contributed by atoms with E-state index in [-0.39, 0.29) is 12.0 Å². The van der Waals surface area contributed by atoms with Crippen molar-refractivity contribution in [3.63, 3.8) is 0 Å². The summed E-state index contributed by atoms with van der Waals surface area (Å²) < 4.78 is 4.54. The summed E-state index contributed by atoms with van der Waals surface area (Å²) in [7, 11) is 1.38. The zero-order valence-corrected chi connectivity index (χ0v) is 11.0. The largest absolute Gasteiger partial charge is 0.469 e. The monoisotopic (exact) mass is 265 g/mol. The van der Waals surface area contributed by atoms with Gasteiger partial charge in [0.15, 0.2) is 0 Å². The van der Waals surface area contributed by atoms with Crippen molar-refractivity contribution in [2.75, 3.05) is 19.0 Å². The Morgan fingerprint density at radius 2 is 2.11 bits per heavy atom. The van der Waals surface area contributed by atoms with Crippen molar-refractivity contribution in [1.82, 2.24) is 10.3 Å². The SMILES string of the molecule is COC(=O)CCCCCNC(=O)Nc1ccccn1. The van der Waals surface area contributed by atoms with Crippen LogP contribution in [0.4, 0.5) is 10.6 Å². The van der Waals surface area contributed by atoms with E-state index in [9.17, 15) is 9.59 Å². The van der Waals surface area contributed by atoms with E-state index in [1.165, 1.54) is 7.11 Å². The second-order valence-electron chi connectivity index (χ2n) is 3.98. The van der Waals surface area contributed by atoms with Crippen LogP contribution in [0.2, 0.25) is 0 Å². The predicted molar refractivity (Wildman–Crippen MR) is 71.7 cm³/mol. The number of urea groups is 1. The first-order valence-corrected chi connectivity index (χ1v) is 6.25. The second kappa shape index (κ2) is 8.91. The van der Waals surface area contributed by atoms with Crippen LogP contribution in [0, 0.1) is 0 Å². The Labute approximate surface area is 112 Å². The number of hydrogen-bond donors (Lipinski definition) is 2. The summed E-state index contributed by atoms with van der Waals surface area (Å²) in [5.74, 6) is 0.326. The minimum atomic E-state index is -0.272. The molecule has 0 aliphatic heterocycles. The molecule has 104 valence electrons. The van der Waals surface area contributed by atoms with Crippen molar-refractivity contribution in [2.45, 2.75) is 25.7 Å². The van der Waals surface area contributed by atoms with E-state index >= 15 is 0 Å². The number of nitrogens with zero attached hydrogens (tertiary/aromatic N) is 1. The van der Waals surface area contributed by atoms with Gasteiger partial charge in [0.25, 0.3) is 0 Å². The molecule has 0 radical (unpaired) electrons. The van der Waals surface area contributed by atoms with Crippen LogP contribution in [0.3, 0.4) is 0 Å². The topological polar surface area (TPSA) is 80.3 Å². The van der Waals surface area contributed by atoms with Gasteiger partial charge in [0.1, 0.15) is 5.82 Å². The Hall–Kier alpha value is -2.11. The van der Waals surface area contributed by atoms with Crippen molar-refractivity contribution < 1.29 is 14.3 Å². The van der Waals surface area contributed by atoms with E-state index in [1.54, 1.807) is 24.4 Å². The lowest BCUT2D eigenvalue weighted by molar-refractivity contribution is -0.140. The Morgan fingerprint density at radius 3 is 2.79 bits per heavy atom. The lowest BCUT2D eigenvalue weighted by Crippen LogP contribution is -2.29. The highest BCUT2D eigenvalue weighted by molar-refractivity contribution is 5.88. The van der Waals surface area contributed by atoms with Gasteiger partial charge in [-0.1, -0.05) is 12.5 Å². The molecule has 0 aromatic carbocycles. The van der Waals surface area contributed by atoms with Gasteiger partial charge in [-0.15, -0.1) is 0 Å². The number of ether oxygens (including phenoxy) is 1. The Balaban J connectivity index is 2.03. The van der Waals surface area contributed by atoms with Gasteiger partial charge in [-0.2, -0.15) is 0 Å².